The molecule has 1 aromatic carbocycles. The minimum atomic E-state index is 0.190. The van der Waals surface area contributed by atoms with Gasteiger partial charge < -0.3 is 14.4 Å². The summed E-state index contributed by atoms with van der Waals surface area (Å²) in [5.74, 6) is 1.74. The van der Waals surface area contributed by atoms with Crippen molar-refractivity contribution < 1.29 is 14.3 Å². The van der Waals surface area contributed by atoms with Crippen LogP contribution in [0, 0.1) is 5.92 Å². The van der Waals surface area contributed by atoms with Crippen LogP contribution in [0.15, 0.2) is 24.3 Å². The van der Waals surface area contributed by atoms with E-state index in [1.165, 1.54) is 32.1 Å². The third-order valence-electron chi connectivity index (χ3n) is 5.83. The molecular weight excluding hydrogens is 302 g/mol. The Morgan fingerprint density at radius 3 is 2.71 bits per heavy atom. The van der Waals surface area contributed by atoms with Gasteiger partial charge in [-0.05, 0) is 62.3 Å². The van der Waals surface area contributed by atoms with Gasteiger partial charge in [0.25, 0.3) is 5.91 Å². The number of benzene rings is 1. The zero-order valence-electron chi connectivity index (χ0n) is 14.3. The zero-order valence-corrected chi connectivity index (χ0v) is 14.3. The highest BCUT2D eigenvalue weighted by Gasteiger charge is 2.38. The Balaban J connectivity index is 1.36. The van der Waals surface area contributed by atoms with Crippen LogP contribution < -0.4 is 4.74 Å². The van der Waals surface area contributed by atoms with Crippen LogP contribution >= 0.6 is 0 Å². The first-order valence-corrected chi connectivity index (χ1v) is 9.47. The number of hydrogen-bond acceptors (Lipinski definition) is 3. The molecule has 0 radical (unpaired) electrons. The molecule has 2 heterocycles. The third-order valence-corrected chi connectivity index (χ3v) is 5.83. The Morgan fingerprint density at radius 1 is 1.08 bits per heavy atom. The first kappa shape index (κ1) is 15.9. The number of ether oxygens (including phenoxy) is 2. The van der Waals surface area contributed by atoms with Gasteiger partial charge in [-0.1, -0.05) is 12.8 Å². The smallest absolute Gasteiger partial charge is 0.254 e. The highest BCUT2D eigenvalue weighted by molar-refractivity contribution is 5.94. The topological polar surface area (TPSA) is 38.8 Å². The van der Waals surface area contributed by atoms with Crippen LogP contribution in [0.5, 0.6) is 5.75 Å². The summed E-state index contributed by atoms with van der Waals surface area (Å²) < 4.78 is 11.4. The maximum Gasteiger partial charge on any atom is 0.254 e. The summed E-state index contributed by atoms with van der Waals surface area (Å²) in [4.78, 5) is 15.0. The molecule has 130 valence electrons. The number of amides is 1. The molecule has 2 aliphatic heterocycles. The van der Waals surface area contributed by atoms with Gasteiger partial charge in [0.2, 0.25) is 0 Å². The van der Waals surface area contributed by atoms with E-state index in [0.29, 0.717) is 12.6 Å². The van der Waals surface area contributed by atoms with Crippen molar-refractivity contribution in [3.63, 3.8) is 0 Å². The van der Waals surface area contributed by atoms with Crippen molar-refractivity contribution in [1.82, 2.24) is 4.90 Å². The Hall–Kier alpha value is -1.55. The fraction of sp³-hybridized carbons (Fsp3) is 0.650. The second-order valence-corrected chi connectivity index (χ2v) is 7.37. The normalized spacial score (nSPS) is 29.5. The lowest BCUT2D eigenvalue weighted by atomic mass is 9.85. The average Bonchev–Trinajstić information content (AvgIpc) is 3.29. The summed E-state index contributed by atoms with van der Waals surface area (Å²) in [5.41, 5.74) is 0.783. The second kappa shape index (κ2) is 7.14. The predicted octanol–water partition coefficient (Wildman–Crippen LogP) is 3.65. The summed E-state index contributed by atoms with van der Waals surface area (Å²) in [7, 11) is 0. The number of rotatable bonds is 4. The molecule has 0 aromatic heterocycles. The number of carbonyl (C=O) groups excluding carboxylic acids is 1. The lowest BCUT2D eigenvalue weighted by molar-refractivity contribution is 0.0674. The highest BCUT2D eigenvalue weighted by atomic mass is 16.5. The van der Waals surface area contributed by atoms with Gasteiger partial charge in [-0.25, -0.2) is 0 Å². The third kappa shape index (κ3) is 3.30. The van der Waals surface area contributed by atoms with E-state index in [1.54, 1.807) is 0 Å². The van der Waals surface area contributed by atoms with Gasteiger partial charge in [0.15, 0.2) is 0 Å². The quantitative estimate of drug-likeness (QED) is 0.846. The fourth-order valence-corrected chi connectivity index (χ4v) is 4.48. The van der Waals surface area contributed by atoms with Crippen LogP contribution in [0.2, 0.25) is 0 Å². The van der Waals surface area contributed by atoms with Crippen LogP contribution in [-0.4, -0.2) is 42.7 Å². The summed E-state index contributed by atoms with van der Waals surface area (Å²) in [5, 5.41) is 0. The summed E-state index contributed by atoms with van der Waals surface area (Å²) >= 11 is 0. The van der Waals surface area contributed by atoms with E-state index in [4.69, 9.17) is 9.47 Å². The molecule has 1 saturated carbocycles. The van der Waals surface area contributed by atoms with E-state index in [2.05, 4.69) is 4.90 Å². The van der Waals surface area contributed by atoms with Gasteiger partial charge >= 0.3 is 0 Å². The maximum absolute atomic E-state index is 12.8. The van der Waals surface area contributed by atoms with Crippen molar-refractivity contribution in [1.29, 1.82) is 0 Å². The van der Waals surface area contributed by atoms with E-state index in [9.17, 15) is 4.79 Å². The first-order chi connectivity index (χ1) is 11.8. The summed E-state index contributed by atoms with van der Waals surface area (Å²) in [6, 6.07) is 8.11. The van der Waals surface area contributed by atoms with Crippen LogP contribution in [0.4, 0.5) is 0 Å². The Labute approximate surface area is 144 Å². The second-order valence-electron chi connectivity index (χ2n) is 7.37. The molecule has 1 amide bonds. The van der Waals surface area contributed by atoms with Gasteiger partial charge in [-0.2, -0.15) is 0 Å². The van der Waals surface area contributed by atoms with Gasteiger partial charge in [-0.3, -0.25) is 4.79 Å². The Morgan fingerprint density at radius 2 is 1.92 bits per heavy atom. The molecule has 3 fully saturated rings. The molecule has 0 bridgehead atoms. The van der Waals surface area contributed by atoms with Crippen LogP contribution in [0.25, 0.3) is 0 Å². The molecule has 3 aliphatic rings. The molecule has 1 aliphatic carbocycles. The van der Waals surface area contributed by atoms with Crippen molar-refractivity contribution in [2.45, 2.75) is 57.1 Å². The summed E-state index contributed by atoms with van der Waals surface area (Å²) in [6.07, 6.45) is 8.68. The molecule has 0 spiro atoms. The highest BCUT2D eigenvalue weighted by Crippen LogP contribution is 2.36. The van der Waals surface area contributed by atoms with E-state index >= 15 is 0 Å². The largest absolute Gasteiger partial charge is 0.491 e. The minimum Gasteiger partial charge on any atom is -0.491 e. The molecule has 2 saturated heterocycles. The number of likely N-dealkylation sites (tertiary alicyclic amines) is 1. The van der Waals surface area contributed by atoms with Crippen molar-refractivity contribution in [3.8, 4) is 5.75 Å². The van der Waals surface area contributed by atoms with Crippen LogP contribution in [-0.2, 0) is 4.74 Å². The van der Waals surface area contributed by atoms with Crippen LogP contribution in [0.3, 0.4) is 0 Å². The Kier molecular flexibility index (Phi) is 4.74. The Bertz CT molecular complexity index is 565. The van der Waals surface area contributed by atoms with Gasteiger partial charge in [0, 0.05) is 24.8 Å². The maximum atomic E-state index is 12.8. The van der Waals surface area contributed by atoms with E-state index < -0.39 is 0 Å². The van der Waals surface area contributed by atoms with Crippen molar-refractivity contribution in [2.75, 3.05) is 19.8 Å². The van der Waals surface area contributed by atoms with Crippen LogP contribution in [0.1, 0.15) is 55.3 Å². The summed E-state index contributed by atoms with van der Waals surface area (Å²) in [6.45, 7) is 2.37. The number of hydrogen-bond donors (Lipinski definition) is 0. The fourth-order valence-electron chi connectivity index (χ4n) is 4.48. The molecule has 0 unspecified atom stereocenters. The van der Waals surface area contributed by atoms with Gasteiger partial charge in [0.05, 0.1) is 6.10 Å². The molecule has 24 heavy (non-hydrogen) atoms. The standard InChI is InChI=1S/C20H27NO3/c22-20(21-12-11-15-4-1-2-6-19(15)21)16-7-9-17(10-8-16)24-14-18-5-3-13-23-18/h7-10,15,18-19H,1-6,11-14H2/t15-,18-,19-/m0/s1. The predicted molar refractivity (Wildman–Crippen MR) is 92.3 cm³/mol. The monoisotopic (exact) mass is 329 g/mol. The van der Waals surface area contributed by atoms with E-state index in [0.717, 1.165) is 43.2 Å². The van der Waals surface area contributed by atoms with E-state index in [1.807, 2.05) is 24.3 Å². The molecule has 1 aromatic rings. The lowest BCUT2D eigenvalue weighted by Crippen LogP contribution is -2.39. The molecular formula is C20H27NO3. The lowest BCUT2D eigenvalue weighted by Gasteiger charge is -2.31. The molecule has 4 rings (SSSR count). The minimum absolute atomic E-state index is 0.190. The molecule has 0 N–H and O–H groups in total. The number of carbonyl (C=O) groups is 1. The molecule has 3 atom stereocenters. The van der Waals surface area contributed by atoms with Crippen molar-refractivity contribution in [3.05, 3.63) is 29.8 Å². The average molecular weight is 329 g/mol. The number of nitrogens with zero attached hydrogens (tertiary/aromatic N) is 1. The molecule has 4 heteroatoms. The van der Waals surface area contributed by atoms with Gasteiger partial charge in [0.1, 0.15) is 12.4 Å². The van der Waals surface area contributed by atoms with Crippen molar-refractivity contribution in [2.24, 2.45) is 5.92 Å². The van der Waals surface area contributed by atoms with Gasteiger partial charge in [-0.15, -0.1) is 0 Å². The van der Waals surface area contributed by atoms with Crippen molar-refractivity contribution >= 4 is 5.91 Å². The molecule has 4 nitrogen and oxygen atoms in total. The first-order valence-electron chi connectivity index (χ1n) is 9.47. The van der Waals surface area contributed by atoms with E-state index in [-0.39, 0.29) is 12.0 Å². The zero-order chi connectivity index (χ0) is 16.4. The number of fused-ring (bicyclic) bond motifs is 1. The SMILES string of the molecule is O=C(c1ccc(OC[C@@H]2CCCO2)cc1)N1CC[C@@H]2CCCC[C@@H]21.